The molecular weight excluding hydrogens is 767 g/mol. The number of aromatic hydroxyl groups is 1. The lowest BCUT2D eigenvalue weighted by Gasteiger charge is -2.25. The first kappa shape index (κ1) is 47.7. The Balaban J connectivity index is 2.23. The molecule has 1 fully saturated rings. The quantitative estimate of drug-likeness (QED) is 0.0271. The fourth-order valence-corrected chi connectivity index (χ4v) is 5.83. The van der Waals surface area contributed by atoms with Gasteiger partial charge in [0.15, 0.2) is 11.7 Å². The molecule has 21 heteroatoms. The third-order valence-corrected chi connectivity index (χ3v) is 8.82. The predicted molar refractivity (Wildman–Crippen MR) is 210 cm³/mol. The summed E-state index contributed by atoms with van der Waals surface area (Å²) in [6.45, 7) is 0.388. The van der Waals surface area contributed by atoms with Gasteiger partial charge in [0.2, 0.25) is 35.4 Å². The van der Waals surface area contributed by atoms with Crippen LogP contribution in [0.3, 0.4) is 0 Å². The van der Waals surface area contributed by atoms with Crippen LogP contribution in [0.25, 0.3) is 0 Å². The molecule has 0 aliphatic carbocycles. The molecule has 4 atom stereocenters. The van der Waals surface area contributed by atoms with E-state index in [1.54, 1.807) is 12.1 Å². The van der Waals surface area contributed by atoms with Crippen molar-refractivity contribution in [3.05, 3.63) is 29.8 Å². The Morgan fingerprint density at radius 1 is 0.825 bits per heavy atom. The van der Waals surface area contributed by atoms with Crippen LogP contribution in [0, 0.1) is 5.92 Å². The zero-order valence-electron chi connectivity index (χ0n) is 31.8. The van der Waals surface area contributed by atoms with Crippen molar-refractivity contribution in [2.45, 2.75) is 82.3 Å². The maximum Gasteiger partial charge on any atom is 0.305 e. The van der Waals surface area contributed by atoms with Crippen molar-refractivity contribution in [1.82, 2.24) is 31.9 Å². The smallest absolute Gasteiger partial charge is 0.305 e. The number of thiol groups is 1. The number of benzene rings is 1. The van der Waals surface area contributed by atoms with Gasteiger partial charge in [0, 0.05) is 44.8 Å². The zero-order chi connectivity index (χ0) is 42.2. The molecule has 1 heterocycles. The molecule has 1 aromatic rings. The number of carboxylic acid groups (broad SMARTS) is 1. The Bertz CT molecular complexity index is 1560. The van der Waals surface area contributed by atoms with Crippen LogP contribution < -0.4 is 43.4 Å². The number of nitrogens with zero attached hydrogens (tertiary/aromatic N) is 1. The van der Waals surface area contributed by atoms with Crippen molar-refractivity contribution in [3.8, 4) is 5.75 Å². The van der Waals surface area contributed by atoms with Gasteiger partial charge in [-0.05, 0) is 62.0 Å². The number of phenolic OH excluding ortho intramolecular Hbond substituents is 1. The van der Waals surface area contributed by atoms with Crippen LogP contribution in [0.5, 0.6) is 5.75 Å². The summed E-state index contributed by atoms with van der Waals surface area (Å²) in [5.41, 5.74) is 11.3. The number of nitrogens with two attached hydrogens (primary N) is 2. The molecule has 0 spiro atoms. The molecule has 57 heavy (non-hydrogen) atoms. The molecule has 0 bridgehead atoms. The number of aliphatic imine (C=N–C) groups is 1. The van der Waals surface area contributed by atoms with Gasteiger partial charge < -0.3 is 58.3 Å². The largest absolute Gasteiger partial charge is 0.508 e. The number of guanidine groups is 1. The molecule has 2 rings (SSSR count). The zero-order valence-corrected chi connectivity index (χ0v) is 32.7. The first-order valence-electron chi connectivity index (χ1n) is 18.7. The first-order valence-corrected chi connectivity index (χ1v) is 19.3. The maximum absolute atomic E-state index is 13.9. The Hall–Kier alpha value is -5.44. The summed E-state index contributed by atoms with van der Waals surface area (Å²) in [5.74, 6) is -6.59. The highest BCUT2D eigenvalue weighted by Gasteiger charge is 2.33. The van der Waals surface area contributed by atoms with E-state index >= 15 is 0 Å². The predicted octanol–water partition coefficient (Wildman–Crippen LogP) is -2.25. The van der Waals surface area contributed by atoms with Crippen LogP contribution in [0.4, 0.5) is 0 Å². The minimum absolute atomic E-state index is 0.0285. The Morgan fingerprint density at radius 2 is 1.47 bits per heavy atom. The van der Waals surface area contributed by atoms with E-state index in [1.807, 2.05) is 0 Å². The summed E-state index contributed by atoms with van der Waals surface area (Å²) < 4.78 is 5.38. The Morgan fingerprint density at radius 3 is 2.16 bits per heavy atom. The topological polar surface area (TPSA) is 323 Å². The number of phenols is 1. The van der Waals surface area contributed by atoms with E-state index in [0.29, 0.717) is 37.1 Å². The van der Waals surface area contributed by atoms with E-state index in [9.17, 15) is 48.6 Å². The molecule has 0 unspecified atom stereocenters. The van der Waals surface area contributed by atoms with Crippen molar-refractivity contribution >= 4 is 65.8 Å². The van der Waals surface area contributed by atoms with E-state index in [1.165, 1.54) is 12.1 Å². The van der Waals surface area contributed by atoms with Gasteiger partial charge in [0.05, 0.1) is 32.2 Å². The number of hydrogen-bond donors (Lipinski definition) is 11. The second-order valence-corrected chi connectivity index (χ2v) is 13.7. The second-order valence-electron chi connectivity index (χ2n) is 13.3. The fourth-order valence-electron chi connectivity index (χ4n) is 5.63. The summed E-state index contributed by atoms with van der Waals surface area (Å²) in [5, 5.41) is 34.8. The van der Waals surface area contributed by atoms with Gasteiger partial charge in [-0.1, -0.05) is 12.1 Å². The number of aliphatic carboxylic acids is 1. The molecular formula is C36H55N9O11S. The number of ketones is 1. The molecule has 316 valence electrons. The van der Waals surface area contributed by atoms with Crippen molar-refractivity contribution < 1.29 is 53.3 Å². The van der Waals surface area contributed by atoms with Crippen LogP contribution in [-0.4, -0.2) is 127 Å². The lowest BCUT2D eigenvalue weighted by Crippen LogP contribution is -2.55. The van der Waals surface area contributed by atoms with Crippen LogP contribution in [0.2, 0.25) is 0 Å². The van der Waals surface area contributed by atoms with Gasteiger partial charge in [-0.2, -0.15) is 12.6 Å². The number of carbonyl (C=O) groups is 8. The summed E-state index contributed by atoms with van der Waals surface area (Å²) >= 11 is 3.99. The third kappa shape index (κ3) is 20.3. The van der Waals surface area contributed by atoms with Crippen LogP contribution >= 0.6 is 12.6 Å². The molecule has 1 aromatic carbocycles. The van der Waals surface area contributed by atoms with Crippen LogP contribution in [0.15, 0.2) is 29.3 Å². The summed E-state index contributed by atoms with van der Waals surface area (Å²) in [6, 6.07) is 1.90. The molecule has 6 amide bonds. The van der Waals surface area contributed by atoms with Crippen molar-refractivity contribution in [3.63, 3.8) is 0 Å². The van der Waals surface area contributed by atoms with E-state index in [4.69, 9.17) is 16.2 Å². The van der Waals surface area contributed by atoms with E-state index in [2.05, 4.69) is 49.5 Å². The molecule has 1 aliphatic heterocycles. The Labute approximate surface area is 335 Å². The molecule has 0 aromatic heterocycles. The van der Waals surface area contributed by atoms with Gasteiger partial charge >= 0.3 is 5.97 Å². The number of Topliss-reactive ketones (excluding diaryl/α,β-unsaturated/α-hetero) is 1. The highest BCUT2D eigenvalue weighted by Crippen LogP contribution is 2.19. The van der Waals surface area contributed by atoms with Gasteiger partial charge in [-0.3, -0.25) is 43.3 Å². The Kier molecular flexibility index (Phi) is 22.1. The van der Waals surface area contributed by atoms with Crippen molar-refractivity contribution in [1.29, 1.82) is 0 Å². The summed E-state index contributed by atoms with van der Waals surface area (Å²) in [4.78, 5) is 107. The summed E-state index contributed by atoms with van der Waals surface area (Å²) in [7, 11) is 0. The average molecular weight is 822 g/mol. The number of unbranched alkanes of at least 4 members (excludes halogenated alkanes) is 1. The molecule has 1 saturated heterocycles. The highest BCUT2D eigenvalue weighted by atomic mass is 32.1. The number of nitrogens with one attached hydrogen (secondary N) is 6. The van der Waals surface area contributed by atoms with E-state index < -0.39 is 78.8 Å². The standard InChI is InChI=1S/C36H55N9O11S/c37-36(38)41-13-3-5-25-34(54)42-21-31(50)43-27(20-32(51)52)28(47)19-23(18-22-6-8-24(46)9-7-22)33(53)44-26(35(55)45-25)4-1-2-12-39-29(48)10-15-56-16-14-40-30(49)11-17-57/h6-9,23,25-27,46,57H,1-5,10-21H2,(H,39,48)(H,40,49)(H,42,54)(H,43,50)(H,44,53)(H,45,55)(H,51,52)(H4,37,38,41)/t23-,25-,26-,27-/m0/s1. The molecule has 20 nitrogen and oxygen atoms in total. The normalized spacial score (nSPS) is 19.4. The molecule has 0 saturated carbocycles. The van der Waals surface area contributed by atoms with E-state index in [-0.39, 0.29) is 81.9 Å². The number of rotatable bonds is 21. The molecule has 12 N–H and O–H groups in total. The number of hydrogen-bond acceptors (Lipinski definition) is 12. The average Bonchev–Trinajstić information content (AvgIpc) is 3.15. The van der Waals surface area contributed by atoms with Gasteiger partial charge in [-0.25, -0.2) is 0 Å². The number of carbonyl (C=O) groups excluding carboxylic acids is 7. The fraction of sp³-hybridized carbons (Fsp3) is 0.583. The molecule has 1 aliphatic rings. The van der Waals surface area contributed by atoms with Gasteiger partial charge in [0.25, 0.3) is 0 Å². The van der Waals surface area contributed by atoms with E-state index in [0.717, 1.165) is 0 Å². The van der Waals surface area contributed by atoms with Crippen LogP contribution in [-0.2, 0) is 49.5 Å². The minimum Gasteiger partial charge on any atom is -0.508 e. The first-order chi connectivity index (χ1) is 27.2. The lowest BCUT2D eigenvalue weighted by atomic mass is 9.90. The maximum atomic E-state index is 13.9. The number of ether oxygens (including phenoxy) is 1. The number of amides is 6. The number of carboxylic acids is 1. The molecule has 0 radical (unpaired) electrons. The lowest BCUT2D eigenvalue weighted by molar-refractivity contribution is -0.140. The monoisotopic (exact) mass is 821 g/mol. The van der Waals surface area contributed by atoms with Crippen LogP contribution in [0.1, 0.15) is 63.4 Å². The summed E-state index contributed by atoms with van der Waals surface area (Å²) in [6.07, 6.45) is 0.0583. The van der Waals surface area contributed by atoms with Gasteiger partial charge in [-0.15, -0.1) is 0 Å². The minimum atomic E-state index is -1.53. The SMILES string of the molecule is NC(N)=NCCC[C@@H]1NC(=O)[C@H](CCCCNC(=O)CCOCCNC(=O)CCS)NC(=O)[C@@H](Cc2ccc(O)cc2)CC(=O)[C@H](CC(=O)O)NC(=O)CNC1=O. The van der Waals surface area contributed by atoms with Crippen molar-refractivity contribution in [2.24, 2.45) is 22.4 Å². The van der Waals surface area contributed by atoms with Crippen molar-refractivity contribution in [2.75, 3.05) is 45.1 Å². The highest BCUT2D eigenvalue weighted by molar-refractivity contribution is 7.80. The third-order valence-electron chi connectivity index (χ3n) is 8.60. The van der Waals surface area contributed by atoms with Gasteiger partial charge in [0.1, 0.15) is 17.8 Å². The second kappa shape index (κ2) is 26.4.